The van der Waals surface area contributed by atoms with E-state index in [9.17, 15) is 0 Å². The Morgan fingerprint density at radius 2 is 2.07 bits per heavy atom. The third-order valence-electron chi connectivity index (χ3n) is 2.77. The molecular formula is C11H24N2S. The van der Waals surface area contributed by atoms with Gasteiger partial charge in [0, 0.05) is 0 Å². The molecule has 0 aromatic rings. The van der Waals surface area contributed by atoms with E-state index in [1.54, 1.807) is 0 Å². The van der Waals surface area contributed by atoms with Crippen molar-refractivity contribution in [1.82, 2.24) is 4.90 Å². The molecule has 0 aromatic heterocycles. The van der Waals surface area contributed by atoms with Crippen LogP contribution in [0.15, 0.2) is 0 Å². The smallest absolute Gasteiger partial charge is 0.00109 e. The van der Waals surface area contributed by atoms with Crippen LogP contribution >= 0.6 is 11.8 Å². The van der Waals surface area contributed by atoms with Gasteiger partial charge >= 0.3 is 0 Å². The topological polar surface area (TPSA) is 29.3 Å². The first-order valence-electron chi connectivity index (χ1n) is 5.83. The van der Waals surface area contributed by atoms with E-state index in [-0.39, 0.29) is 0 Å². The van der Waals surface area contributed by atoms with E-state index in [2.05, 4.69) is 23.6 Å². The highest BCUT2D eigenvalue weighted by atomic mass is 32.2. The van der Waals surface area contributed by atoms with Crippen LogP contribution in [0.1, 0.15) is 26.2 Å². The minimum Gasteiger partial charge on any atom is -0.330 e. The lowest BCUT2D eigenvalue weighted by Gasteiger charge is -2.14. The minimum absolute atomic E-state index is 0.687. The first kappa shape index (κ1) is 12.3. The molecule has 84 valence electrons. The highest BCUT2D eigenvalue weighted by Crippen LogP contribution is 2.11. The van der Waals surface area contributed by atoms with E-state index >= 15 is 0 Å². The quantitative estimate of drug-likeness (QED) is 0.658. The van der Waals surface area contributed by atoms with Gasteiger partial charge in [0.25, 0.3) is 0 Å². The SMILES string of the molecule is CC(CN)CSCCCN1CCCC1. The average molecular weight is 216 g/mol. The Balaban J connectivity index is 1.84. The van der Waals surface area contributed by atoms with Crippen LogP contribution in [0.25, 0.3) is 0 Å². The van der Waals surface area contributed by atoms with Crippen molar-refractivity contribution in [2.75, 3.05) is 37.7 Å². The minimum atomic E-state index is 0.687. The fraction of sp³-hybridized carbons (Fsp3) is 1.00. The van der Waals surface area contributed by atoms with Gasteiger partial charge in [-0.1, -0.05) is 6.92 Å². The molecule has 0 amide bonds. The van der Waals surface area contributed by atoms with Crippen LogP contribution in [0.2, 0.25) is 0 Å². The molecule has 2 N–H and O–H groups in total. The molecule has 14 heavy (non-hydrogen) atoms. The van der Waals surface area contributed by atoms with Crippen molar-refractivity contribution in [2.24, 2.45) is 11.7 Å². The molecule has 0 aromatic carbocycles. The predicted molar refractivity (Wildman–Crippen MR) is 65.8 cm³/mol. The molecule has 0 radical (unpaired) electrons. The maximum absolute atomic E-state index is 5.56. The summed E-state index contributed by atoms with van der Waals surface area (Å²) in [4.78, 5) is 2.59. The fourth-order valence-corrected chi connectivity index (χ4v) is 2.79. The Morgan fingerprint density at radius 3 is 2.71 bits per heavy atom. The number of nitrogens with zero attached hydrogens (tertiary/aromatic N) is 1. The number of nitrogens with two attached hydrogens (primary N) is 1. The van der Waals surface area contributed by atoms with Crippen molar-refractivity contribution in [3.63, 3.8) is 0 Å². The van der Waals surface area contributed by atoms with E-state index < -0.39 is 0 Å². The summed E-state index contributed by atoms with van der Waals surface area (Å²) in [5.74, 6) is 3.23. The van der Waals surface area contributed by atoms with Crippen molar-refractivity contribution in [3.8, 4) is 0 Å². The molecule has 1 heterocycles. The van der Waals surface area contributed by atoms with Crippen molar-refractivity contribution in [1.29, 1.82) is 0 Å². The molecule has 3 heteroatoms. The van der Waals surface area contributed by atoms with Gasteiger partial charge in [-0.05, 0) is 62.9 Å². The predicted octanol–water partition coefficient (Wildman–Crippen LogP) is 1.80. The van der Waals surface area contributed by atoms with Crippen molar-refractivity contribution >= 4 is 11.8 Å². The zero-order valence-electron chi connectivity index (χ0n) is 9.37. The molecule has 1 saturated heterocycles. The van der Waals surface area contributed by atoms with E-state index in [0.29, 0.717) is 5.92 Å². The van der Waals surface area contributed by atoms with Crippen molar-refractivity contribution in [3.05, 3.63) is 0 Å². The molecule has 1 fully saturated rings. The van der Waals surface area contributed by atoms with E-state index in [1.807, 2.05) is 0 Å². The van der Waals surface area contributed by atoms with Crippen LogP contribution in [0.5, 0.6) is 0 Å². The number of rotatable bonds is 7. The van der Waals surface area contributed by atoms with Crippen molar-refractivity contribution < 1.29 is 0 Å². The maximum Gasteiger partial charge on any atom is -0.00109 e. The van der Waals surface area contributed by atoms with Crippen LogP contribution in [0.3, 0.4) is 0 Å². The van der Waals surface area contributed by atoms with Crippen LogP contribution in [-0.2, 0) is 0 Å². The molecule has 1 unspecified atom stereocenters. The summed E-state index contributed by atoms with van der Waals surface area (Å²) in [7, 11) is 0. The lowest BCUT2D eigenvalue weighted by molar-refractivity contribution is 0.341. The molecule has 0 aliphatic carbocycles. The van der Waals surface area contributed by atoms with Crippen LogP contribution in [-0.4, -0.2) is 42.6 Å². The van der Waals surface area contributed by atoms with Gasteiger partial charge < -0.3 is 10.6 Å². The maximum atomic E-state index is 5.56. The van der Waals surface area contributed by atoms with Gasteiger partial charge in [-0.15, -0.1) is 0 Å². The Hall–Kier alpha value is 0.270. The molecule has 0 saturated carbocycles. The zero-order chi connectivity index (χ0) is 10.2. The lowest BCUT2D eigenvalue weighted by atomic mass is 10.2. The van der Waals surface area contributed by atoms with Crippen LogP contribution in [0, 0.1) is 5.92 Å². The summed E-state index contributed by atoms with van der Waals surface area (Å²) in [6, 6.07) is 0. The summed E-state index contributed by atoms with van der Waals surface area (Å²) in [6.07, 6.45) is 4.18. The highest BCUT2D eigenvalue weighted by molar-refractivity contribution is 7.99. The monoisotopic (exact) mass is 216 g/mol. The number of thioether (sulfide) groups is 1. The van der Waals surface area contributed by atoms with Gasteiger partial charge in [-0.3, -0.25) is 0 Å². The summed E-state index contributed by atoms with van der Waals surface area (Å²) in [5, 5.41) is 0. The zero-order valence-corrected chi connectivity index (χ0v) is 10.2. The Labute approximate surface area is 92.6 Å². The summed E-state index contributed by atoms with van der Waals surface area (Å²) in [5.41, 5.74) is 5.56. The first-order valence-corrected chi connectivity index (χ1v) is 6.98. The van der Waals surface area contributed by atoms with Gasteiger partial charge in [0.15, 0.2) is 0 Å². The second-order valence-corrected chi connectivity index (χ2v) is 5.47. The molecule has 1 aliphatic rings. The number of hydrogen-bond acceptors (Lipinski definition) is 3. The van der Waals surface area contributed by atoms with Gasteiger partial charge in [-0.2, -0.15) is 11.8 Å². The average Bonchev–Trinajstić information content (AvgIpc) is 2.69. The van der Waals surface area contributed by atoms with Gasteiger partial charge in [0.2, 0.25) is 0 Å². The van der Waals surface area contributed by atoms with E-state index in [0.717, 1.165) is 6.54 Å². The molecular weight excluding hydrogens is 192 g/mol. The van der Waals surface area contributed by atoms with Gasteiger partial charge in [0.1, 0.15) is 0 Å². The second kappa shape index (κ2) is 7.55. The summed E-state index contributed by atoms with van der Waals surface area (Å²) >= 11 is 2.06. The van der Waals surface area contributed by atoms with E-state index in [4.69, 9.17) is 5.73 Å². The molecule has 0 spiro atoms. The Bertz CT molecular complexity index is 135. The normalized spacial score (nSPS) is 20.1. The number of likely N-dealkylation sites (tertiary alicyclic amines) is 1. The molecule has 2 nitrogen and oxygen atoms in total. The third-order valence-corrected chi connectivity index (χ3v) is 4.15. The first-order chi connectivity index (χ1) is 6.83. The van der Waals surface area contributed by atoms with Gasteiger partial charge in [0.05, 0.1) is 0 Å². The highest BCUT2D eigenvalue weighted by Gasteiger charge is 2.10. The largest absolute Gasteiger partial charge is 0.330 e. The van der Waals surface area contributed by atoms with Crippen molar-refractivity contribution in [2.45, 2.75) is 26.2 Å². The molecule has 0 bridgehead atoms. The fourth-order valence-electron chi connectivity index (χ4n) is 1.75. The molecule has 1 rings (SSSR count). The lowest BCUT2D eigenvalue weighted by Crippen LogP contribution is -2.21. The summed E-state index contributed by atoms with van der Waals surface area (Å²) in [6.45, 7) is 7.05. The van der Waals surface area contributed by atoms with Gasteiger partial charge in [-0.25, -0.2) is 0 Å². The third kappa shape index (κ3) is 5.23. The Morgan fingerprint density at radius 1 is 1.36 bits per heavy atom. The standard InChI is InChI=1S/C11H24N2S/c1-11(9-12)10-14-8-4-7-13-5-2-3-6-13/h11H,2-10,12H2,1H3. The molecule has 1 aliphatic heterocycles. The second-order valence-electron chi connectivity index (χ2n) is 4.32. The van der Waals surface area contributed by atoms with Crippen LogP contribution < -0.4 is 5.73 Å². The number of hydrogen-bond donors (Lipinski definition) is 1. The Kier molecular flexibility index (Phi) is 6.65. The molecule has 1 atom stereocenters. The van der Waals surface area contributed by atoms with E-state index in [1.165, 1.54) is 50.4 Å². The summed E-state index contributed by atoms with van der Waals surface area (Å²) < 4.78 is 0. The van der Waals surface area contributed by atoms with Crippen LogP contribution in [0.4, 0.5) is 0 Å².